The lowest BCUT2D eigenvalue weighted by atomic mass is 10.1. The average molecular weight is 300 g/mol. The van der Waals surface area contributed by atoms with E-state index in [2.05, 4.69) is 0 Å². The van der Waals surface area contributed by atoms with Gasteiger partial charge in [-0.3, -0.25) is 0 Å². The number of benzene rings is 2. The molecule has 2 aromatic carbocycles. The summed E-state index contributed by atoms with van der Waals surface area (Å²) in [5.41, 5.74) is 0.815. The van der Waals surface area contributed by atoms with Crippen LogP contribution in [-0.4, -0.2) is 23.8 Å². The van der Waals surface area contributed by atoms with Crippen LogP contribution in [0.1, 0.15) is 18.9 Å². The fourth-order valence-corrected chi connectivity index (χ4v) is 2.06. The molecule has 0 aliphatic carbocycles. The smallest absolute Gasteiger partial charge is 0.333 e. The molecule has 0 bridgehead atoms. The van der Waals surface area contributed by atoms with Crippen molar-refractivity contribution in [2.24, 2.45) is 0 Å². The van der Waals surface area contributed by atoms with Crippen LogP contribution >= 0.6 is 0 Å². The molecule has 0 radical (unpaired) electrons. The lowest BCUT2D eigenvalue weighted by Gasteiger charge is -2.16. The molecule has 0 aliphatic heterocycles. The molecular formula is C18H20O4. The van der Waals surface area contributed by atoms with Crippen molar-refractivity contribution in [3.63, 3.8) is 0 Å². The van der Waals surface area contributed by atoms with Crippen molar-refractivity contribution in [3.05, 3.63) is 60.2 Å². The highest BCUT2D eigenvalue weighted by Crippen LogP contribution is 2.26. The van der Waals surface area contributed by atoms with Gasteiger partial charge in [0.2, 0.25) is 0 Å². The third-order valence-electron chi connectivity index (χ3n) is 3.15. The zero-order valence-electron chi connectivity index (χ0n) is 12.6. The van der Waals surface area contributed by atoms with E-state index >= 15 is 0 Å². The molecule has 0 aromatic heterocycles. The van der Waals surface area contributed by atoms with Crippen molar-refractivity contribution in [2.75, 3.05) is 6.61 Å². The Labute approximate surface area is 130 Å². The molecule has 1 atom stereocenters. The molecule has 1 unspecified atom stereocenters. The Morgan fingerprint density at radius 3 is 2.45 bits per heavy atom. The molecule has 0 aliphatic rings. The minimum Gasteiger partial charge on any atom is -0.479 e. The van der Waals surface area contributed by atoms with Gasteiger partial charge in [-0.25, -0.2) is 4.79 Å². The zero-order chi connectivity index (χ0) is 15.8. The van der Waals surface area contributed by atoms with Crippen molar-refractivity contribution >= 4 is 5.97 Å². The molecule has 22 heavy (non-hydrogen) atoms. The normalized spacial score (nSPS) is 11.9. The molecule has 0 saturated heterocycles. The number of ether oxygens (including phenoxy) is 2. The summed E-state index contributed by atoms with van der Waals surface area (Å²) in [5, 5.41) is 9.28. The Morgan fingerprint density at radius 1 is 1.09 bits per heavy atom. The molecule has 0 fully saturated rings. The first-order chi connectivity index (χ1) is 10.7. The highest BCUT2D eigenvalue weighted by atomic mass is 16.5. The molecule has 4 nitrogen and oxygen atoms in total. The molecule has 116 valence electrons. The van der Waals surface area contributed by atoms with E-state index in [0.717, 1.165) is 17.7 Å². The van der Waals surface area contributed by atoms with Crippen molar-refractivity contribution < 1.29 is 19.4 Å². The zero-order valence-corrected chi connectivity index (χ0v) is 12.6. The van der Waals surface area contributed by atoms with Crippen LogP contribution in [0.3, 0.4) is 0 Å². The van der Waals surface area contributed by atoms with Gasteiger partial charge in [-0.05, 0) is 30.2 Å². The van der Waals surface area contributed by atoms with Crippen LogP contribution in [0.5, 0.6) is 11.5 Å². The van der Waals surface area contributed by atoms with Crippen molar-refractivity contribution in [1.29, 1.82) is 0 Å². The molecule has 0 amide bonds. The van der Waals surface area contributed by atoms with Gasteiger partial charge < -0.3 is 14.6 Å². The minimum absolute atomic E-state index is 0.276. The van der Waals surface area contributed by atoms with E-state index in [9.17, 15) is 9.90 Å². The van der Waals surface area contributed by atoms with Gasteiger partial charge in [0.15, 0.2) is 6.10 Å². The van der Waals surface area contributed by atoms with Gasteiger partial charge in [-0.1, -0.05) is 43.3 Å². The Bertz CT molecular complexity index is 595. The number of hydrogen-bond donors (Lipinski definition) is 1. The fourth-order valence-electron chi connectivity index (χ4n) is 2.06. The minimum atomic E-state index is -0.956. The lowest BCUT2D eigenvalue weighted by molar-refractivity contribution is -0.150. The van der Waals surface area contributed by atoms with Crippen LogP contribution in [0.2, 0.25) is 0 Å². The maximum atomic E-state index is 11.3. The van der Waals surface area contributed by atoms with Gasteiger partial charge in [-0.15, -0.1) is 0 Å². The number of para-hydroxylation sites is 2. The number of rotatable bonds is 8. The quantitative estimate of drug-likeness (QED) is 0.803. The third kappa shape index (κ3) is 4.60. The number of hydrogen-bond acceptors (Lipinski definition) is 3. The van der Waals surface area contributed by atoms with Crippen molar-refractivity contribution in [1.82, 2.24) is 0 Å². The SMILES string of the molecule is CCCOC(Cc1ccccc1Oc1ccccc1)C(=O)O. The first kappa shape index (κ1) is 16.0. The highest BCUT2D eigenvalue weighted by molar-refractivity contribution is 5.73. The summed E-state index contributed by atoms with van der Waals surface area (Å²) in [6, 6.07) is 16.8. The Morgan fingerprint density at radius 2 is 1.77 bits per heavy atom. The van der Waals surface area contributed by atoms with E-state index in [1.807, 2.05) is 61.5 Å². The molecule has 0 spiro atoms. The Kier molecular flexibility index (Phi) is 5.98. The van der Waals surface area contributed by atoms with E-state index in [-0.39, 0.29) is 6.42 Å². The third-order valence-corrected chi connectivity index (χ3v) is 3.15. The second kappa shape index (κ2) is 8.20. The lowest BCUT2D eigenvalue weighted by Crippen LogP contribution is -2.26. The summed E-state index contributed by atoms with van der Waals surface area (Å²) in [4.78, 5) is 11.3. The van der Waals surface area contributed by atoms with Crippen molar-refractivity contribution in [3.8, 4) is 11.5 Å². The van der Waals surface area contributed by atoms with Crippen LogP contribution < -0.4 is 4.74 Å². The van der Waals surface area contributed by atoms with E-state index in [1.54, 1.807) is 0 Å². The monoisotopic (exact) mass is 300 g/mol. The highest BCUT2D eigenvalue weighted by Gasteiger charge is 2.20. The topological polar surface area (TPSA) is 55.8 Å². The van der Waals surface area contributed by atoms with Gasteiger partial charge in [0.05, 0.1) is 0 Å². The standard InChI is InChI=1S/C18H20O4/c1-2-12-21-17(18(19)20)13-14-8-6-7-11-16(14)22-15-9-4-3-5-10-15/h3-11,17H,2,12-13H2,1H3,(H,19,20). The number of aliphatic carboxylic acids is 1. The van der Waals surface area contributed by atoms with Crippen LogP contribution in [0.25, 0.3) is 0 Å². The van der Waals surface area contributed by atoms with Gasteiger partial charge >= 0.3 is 5.97 Å². The summed E-state index contributed by atoms with van der Waals surface area (Å²) >= 11 is 0. The molecule has 1 N–H and O–H groups in total. The molecule has 4 heteroatoms. The average Bonchev–Trinajstić information content (AvgIpc) is 2.53. The second-order valence-electron chi connectivity index (χ2n) is 4.92. The molecule has 2 aromatic rings. The molecule has 0 saturated carbocycles. The van der Waals surface area contributed by atoms with Gasteiger partial charge in [0.1, 0.15) is 11.5 Å². The molecule has 0 heterocycles. The summed E-state index contributed by atoms with van der Waals surface area (Å²) in [6.45, 7) is 2.38. The predicted molar refractivity (Wildman–Crippen MR) is 84.3 cm³/mol. The number of carbonyl (C=O) groups is 1. The van der Waals surface area contributed by atoms with Gasteiger partial charge in [-0.2, -0.15) is 0 Å². The predicted octanol–water partition coefficient (Wildman–Crippen LogP) is 3.90. The second-order valence-corrected chi connectivity index (χ2v) is 4.92. The Hall–Kier alpha value is -2.33. The first-order valence-electron chi connectivity index (χ1n) is 7.36. The summed E-state index contributed by atoms with van der Waals surface area (Å²) in [7, 11) is 0. The van der Waals surface area contributed by atoms with E-state index < -0.39 is 12.1 Å². The maximum absolute atomic E-state index is 11.3. The first-order valence-corrected chi connectivity index (χ1v) is 7.36. The van der Waals surface area contributed by atoms with Crippen LogP contribution in [0.15, 0.2) is 54.6 Å². The van der Waals surface area contributed by atoms with E-state index in [4.69, 9.17) is 9.47 Å². The largest absolute Gasteiger partial charge is 0.479 e. The summed E-state index contributed by atoms with van der Waals surface area (Å²) in [5.74, 6) is 0.416. The molecular weight excluding hydrogens is 280 g/mol. The Balaban J connectivity index is 2.15. The maximum Gasteiger partial charge on any atom is 0.333 e. The van der Waals surface area contributed by atoms with Crippen LogP contribution in [0.4, 0.5) is 0 Å². The fraction of sp³-hybridized carbons (Fsp3) is 0.278. The van der Waals surface area contributed by atoms with E-state index in [1.165, 1.54) is 0 Å². The summed E-state index contributed by atoms with van der Waals surface area (Å²) in [6.07, 6.45) is 0.199. The van der Waals surface area contributed by atoms with Crippen LogP contribution in [-0.2, 0) is 16.0 Å². The molecule has 2 rings (SSSR count). The number of carboxylic acids is 1. The van der Waals surface area contributed by atoms with Crippen molar-refractivity contribution in [2.45, 2.75) is 25.9 Å². The van der Waals surface area contributed by atoms with Crippen LogP contribution in [0, 0.1) is 0 Å². The van der Waals surface area contributed by atoms with Gasteiger partial charge in [0.25, 0.3) is 0 Å². The van der Waals surface area contributed by atoms with Gasteiger partial charge in [0, 0.05) is 13.0 Å². The van der Waals surface area contributed by atoms with E-state index in [0.29, 0.717) is 12.4 Å². The number of carboxylic acid groups (broad SMARTS) is 1. The summed E-state index contributed by atoms with van der Waals surface area (Å²) < 4.78 is 11.3.